The lowest BCUT2D eigenvalue weighted by atomic mass is 10.1. The number of aliphatic imine (C=N–C) groups is 1. The normalized spacial score (nSPS) is 14.3. The van der Waals surface area contributed by atoms with Crippen molar-refractivity contribution in [1.29, 1.82) is 0 Å². The monoisotopic (exact) mass is 547 g/mol. The van der Waals surface area contributed by atoms with Gasteiger partial charge in [-0.05, 0) is 37.5 Å². The standard InChI is InChI=1S/C21H33N5O4.HI/c1-5-30-21(28)26-11-9-17(10-12-26)24-20(23-15-19(27)25(2)3)22-14-16-7-6-8-18(13-16)29-4;/h6-8,13,17H,5,9-12,14-15H2,1-4H3,(H2,22,23,24);1H. The van der Waals surface area contributed by atoms with Crippen LogP contribution in [0.3, 0.4) is 0 Å². The number of benzene rings is 1. The van der Waals surface area contributed by atoms with Crippen LogP contribution < -0.4 is 15.4 Å². The molecule has 0 aliphatic carbocycles. The molecule has 1 heterocycles. The third-order valence-corrected chi connectivity index (χ3v) is 4.82. The molecule has 1 fully saturated rings. The average molecular weight is 547 g/mol. The van der Waals surface area contributed by atoms with Crippen molar-refractivity contribution in [2.45, 2.75) is 32.4 Å². The summed E-state index contributed by atoms with van der Waals surface area (Å²) in [6.45, 7) is 4.02. The first-order chi connectivity index (χ1) is 14.4. The number of carbonyl (C=O) groups is 2. The summed E-state index contributed by atoms with van der Waals surface area (Å²) in [6, 6.07) is 7.88. The maximum absolute atomic E-state index is 12.0. The van der Waals surface area contributed by atoms with E-state index in [0.717, 1.165) is 24.2 Å². The minimum atomic E-state index is -0.266. The molecule has 0 unspecified atom stereocenters. The number of halogens is 1. The van der Waals surface area contributed by atoms with Gasteiger partial charge >= 0.3 is 6.09 Å². The first-order valence-electron chi connectivity index (χ1n) is 10.2. The van der Waals surface area contributed by atoms with Gasteiger partial charge in [0.15, 0.2) is 5.96 Å². The number of nitrogens with zero attached hydrogens (tertiary/aromatic N) is 3. The summed E-state index contributed by atoms with van der Waals surface area (Å²) in [5.41, 5.74) is 1.01. The zero-order chi connectivity index (χ0) is 21.9. The maximum Gasteiger partial charge on any atom is 0.409 e. The Labute approximate surface area is 201 Å². The Bertz CT molecular complexity index is 736. The van der Waals surface area contributed by atoms with Crippen molar-refractivity contribution in [1.82, 2.24) is 20.4 Å². The molecular weight excluding hydrogens is 513 g/mol. The summed E-state index contributed by atoms with van der Waals surface area (Å²) in [5.74, 6) is 1.31. The van der Waals surface area contributed by atoms with Gasteiger partial charge in [-0.3, -0.25) is 4.79 Å². The summed E-state index contributed by atoms with van der Waals surface area (Å²) in [7, 11) is 5.07. The van der Waals surface area contributed by atoms with Crippen LogP contribution in [0.5, 0.6) is 5.75 Å². The molecule has 0 aromatic heterocycles. The Morgan fingerprint density at radius 2 is 1.97 bits per heavy atom. The number of piperidine rings is 1. The quantitative estimate of drug-likeness (QED) is 0.309. The van der Waals surface area contributed by atoms with Crippen molar-refractivity contribution in [3.05, 3.63) is 29.8 Å². The van der Waals surface area contributed by atoms with E-state index in [0.29, 0.717) is 32.2 Å². The molecule has 1 saturated heterocycles. The third-order valence-electron chi connectivity index (χ3n) is 4.82. The first kappa shape index (κ1) is 26.8. The topological polar surface area (TPSA) is 95.5 Å². The van der Waals surface area contributed by atoms with E-state index in [1.807, 2.05) is 24.3 Å². The van der Waals surface area contributed by atoms with Gasteiger partial charge in [-0.2, -0.15) is 0 Å². The SMILES string of the molecule is CCOC(=O)N1CCC(NC(=NCc2cccc(OC)c2)NCC(=O)N(C)C)CC1.I. The van der Waals surface area contributed by atoms with E-state index in [2.05, 4.69) is 15.6 Å². The van der Waals surface area contributed by atoms with E-state index in [1.165, 1.54) is 4.90 Å². The Kier molecular flexibility index (Phi) is 12.1. The molecular formula is C21H34IN5O4. The molecule has 10 heteroatoms. The van der Waals surface area contributed by atoms with Crippen LogP contribution in [0.25, 0.3) is 0 Å². The molecule has 0 atom stereocenters. The lowest BCUT2D eigenvalue weighted by Crippen LogP contribution is -2.51. The highest BCUT2D eigenvalue weighted by Crippen LogP contribution is 2.14. The summed E-state index contributed by atoms with van der Waals surface area (Å²) in [4.78, 5) is 31.8. The van der Waals surface area contributed by atoms with Crippen molar-refractivity contribution in [3.63, 3.8) is 0 Å². The molecule has 0 radical (unpaired) electrons. The molecule has 0 spiro atoms. The Hall–Kier alpha value is -2.24. The first-order valence-corrected chi connectivity index (χ1v) is 10.2. The highest BCUT2D eigenvalue weighted by Gasteiger charge is 2.24. The second-order valence-corrected chi connectivity index (χ2v) is 7.26. The molecule has 1 aliphatic heterocycles. The summed E-state index contributed by atoms with van der Waals surface area (Å²) in [6.07, 6.45) is 1.29. The van der Waals surface area contributed by atoms with Crippen LogP contribution in [-0.4, -0.2) is 81.2 Å². The lowest BCUT2D eigenvalue weighted by Gasteiger charge is -2.32. The predicted molar refractivity (Wildman–Crippen MR) is 131 cm³/mol. The van der Waals surface area contributed by atoms with Gasteiger partial charge in [-0.15, -0.1) is 24.0 Å². The smallest absolute Gasteiger partial charge is 0.409 e. The molecule has 0 bridgehead atoms. The van der Waals surface area contributed by atoms with Gasteiger partial charge in [0.2, 0.25) is 5.91 Å². The molecule has 1 aromatic rings. The molecule has 1 aliphatic rings. The molecule has 2 amide bonds. The number of guanidine groups is 1. The number of carbonyl (C=O) groups excluding carboxylic acids is 2. The van der Waals surface area contributed by atoms with Crippen molar-refractivity contribution >= 4 is 41.9 Å². The van der Waals surface area contributed by atoms with Crippen LogP contribution in [0.1, 0.15) is 25.3 Å². The molecule has 1 aromatic carbocycles. The number of nitrogens with one attached hydrogen (secondary N) is 2. The van der Waals surface area contributed by atoms with Gasteiger partial charge in [0, 0.05) is 33.2 Å². The number of hydrogen-bond donors (Lipinski definition) is 2. The summed E-state index contributed by atoms with van der Waals surface area (Å²) >= 11 is 0. The Morgan fingerprint density at radius 3 is 2.58 bits per heavy atom. The highest BCUT2D eigenvalue weighted by molar-refractivity contribution is 14.0. The zero-order valence-electron chi connectivity index (χ0n) is 18.7. The average Bonchev–Trinajstić information content (AvgIpc) is 2.76. The van der Waals surface area contributed by atoms with Crippen molar-refractivity contribution in [3.8, 4) is 5.75 Å². The van der Waals surface area contributed by atoms with Gasteiger partial charge in [-0.1, -0.05) is 12.1 Å². The van der Waals surface area contributed by atoms with Gasteiger partial charge in [0.25, 0.3) is 0 Å². The number of amides is 2. The van der Waals surface area contributed by atoms with E-state index in [9.17, 15) is 9.59 Å². The van der Waals surface area contributed by atoms with Crippen molar-refractivity contribution in [2.75, 3.05) is 47.4 Å². The van der Waals surface area contributed by atoms with E-state index in [1.54, 1.807) is 33.0 Å². The largest absolute Gasteiger partial charge is 0.497 e. The number of likely N-dealkylation sites (tertiary alicyclic amines) is 1. The summed E-state index contributed by atoms with van der Waals surface area (Å²) in [5, 5.41) is 6.51. The minimum absolute atomic E-state index is 0. The van der Waals surface area contributed by atoms with Crippen molar-refractivity contribution < 1.29 is 19.1 Å². The lowest BCUT2D eigenvalue weighted by molar-refractivity contribution is -0.127. The second kappa shape index (κ2) is 13.9. The summed E-state index contributed by atoms with van der Waals surface area (Å²) < 4.78 is 10.3. The van der Waals surface area contributed by atoms with Crippen LogP contribution in [-0.2, 0) is 16.1 Å². The minimum Gasteiger partial charge on any atom is -0.497 e. The molecule has 2 rings (SSSR count). The number of ether oxygens (including phenoxy) is 2. The fourth-order valence-corrected chi connectivity index (χ4v) is 3.03. The van der Waals surface area contributed by atoms with Gasteiger partial charge in [0.1, 0.15) is 5.75 Å². The maximum atomic E-state index is 12.0. The molecule has 2 N–H and O–H groups in total. The van der Waals surface area contributed by atoms with E-state index < -0.39 is 0 Å². The number of hydrogen-bond acceptors (Lipinski definition) is 5. The van der Waals surface area contributed by atoms with Gasteiger partial charge in [-0.25, -0.2) is 9.79 Å². The van der Waals surface area contributed by atoms with E-state index in [4.69, 9.17) is 9.47 Å². The van der Waals surface area contributed by atoms with Crippen molar-refractivity contribution in [2.24, 2.45) is 4.99 Å². The van der Waals surface area contributed by atoms with Crippen LogP contribution in [0.2, 0.25) is 0 Å². The fraction of sp³-hybridized carbons (Fsp3) is 0.571. The zero-order valence-corrected chi connectivity index (χ0v) is 21.0. The highest BCUT2D eigenvalue weighted by atomic mass is 127. The second-order valence-electron chi connectivity index (χ2n) is 7.26. The molecule has 0 saturated carbocycles. The van der Waals surface area contributed by atoms with Crippen LogP contribution in [0, 0.1) is 0 Å². The number of likely N-dealkylation sites (N-methyl/N-ethyl adjacent to an activating group) is 1. The molecule has 31 heavy (non-hydrogen) atoms. The van der Waals surface area contributed by atoms with Crippen LogP contribution in [0.15, 0.2) is 29.3 Å². The van der Waals surface area contributed by atoms with E-state index >= 15 is 0 Å². The Morgan fingerprint density at radius 1 is 1.26 bits per heavy atom. The van der Waals surface area contributed by atoms with E-state index in [-0.39, 0.29) is 48.6 Å². The Balaban J connectivity index is 0.00000480. The predicted octanol–water partition coefficient (Wildman–Crippen LogP) is 2.06. The molecule has 174 valence electrons. The van der Waals surface area contributed by atoms with Gasteiger partial charge in [0.05, 0.1) is 26.8 Å². The van der Waals surface area contributed by atoms with Crippen LogP contribution in [0.4, 0.5) is 4.79 Å². The molecule has 9 nitrogen and oxygen atoms in total. The fourth-order valence-electron chi connectivity index (χ4n) is 3.03. The number of methoxy groups -OCH3 is 1. The van der Waals surface area contributed by atoms with Gasteiger partial charge < -0.3 is 29.9 Å². The third kappa shape index (κ3) is 9.19. The van der Waals surface area contributed by atoms with Crippen LogP contribution >= 0.6 is 24.0 Å². The number of rotatable bonds is 7.